The van der Waals surface area contributed by atoms with Gasteiger partial charge in [-0.05, 0) is 87.0 Å². The first kappa shape index (κ1) is 23.2. The predicted octanol–water partition coefficient (Wildman–Crippen LogP) is 4.71. The molecule has 0 bridgehead atoms. The maximum Gasteiger partial charge on any atom is 0.240 e. The zero-order chi connectivity index (χ0) is 22.2. The van der Waals surface area contributed by atoms with E-state index >= 15 is 0 Å². The molecule has 1 fully saturated rings. The van der Waals surface area contributed by atoms with Crippen molar-refractivity contribution in [3.8, 4) is 0 Å². The first-order valence-corrected chi connectivity index (χ1v) is 11.2. The minimum absolute atomic E-state index is 0.195. The van der Waals surface area contributed by atoms with E-state index in [0.717, 1.165) is 50.0 Å². The summed E-state index contributed by atoms with van der Waals surface area (Å²) in [5, 5.41) is 0. The number of nitrogens with zero attached hydrogens (tertiary/aromatic N) is 1. The Labute approximate surface area is 185 Å². The van der Waals surface area contributed by atoms with E-state index in [1.165, 1.54) is 23.6 Å². The highest BCUT2D eigenvalue weighted by molar-refractivity contribution is 5.96. The Balaban J connectivity index is 1.41. The van der Waals surface area contributed by atoms with Crippen molar-refractivity contribution >= 4 is 11.7 Å². The van der Waals surface area contributed by atoms with E-state index < -0.39 is 0 Å². The largest absolute Gasteiger partial charge is 0.303 e. The Morgan fingerprint density at radius 3 is 2.55 bits per heavy atom. The highest BCUT2D eigenvalue weighted by atomic mass is 16.6. The molecular weight excluding hydrogens is 388 g/mol. The van der Waals surface area contributed by atoms with Gasteiger partial charge in [-0.2, -0.15) is 0 Å². The van der Waals surface area contributed by atoms with Gasteiger partial charge in [-0.15, -0.1) is 0 Å². The number of rotatable bonds is 9. The molecule has 1 N–H and O–H groups in total. The Morgan fingerprint density at radius 2 is 1.84 bits per heavy atom. The molecule has 1 aliphatic heterocycles. The highest BCUT2D eigenvalue weighted by Crippen LogP contribution is 2.29. The van der Waals surface area contributed by atoms with Gasteiger partial charge in [0.2, 0.25) is 5.91 Å². The van der Waals surface area contributed by atoms with Gasteiger partial charge < -0.3 is 4.90 Å². The van der Waals surface area contributed by atoms with E-state index in [4.69, 9.17) is 4.84 Å². The molecule has 0 saturated carbocycles. The minimum atomic E-state index is -0.195. The summed E-state index contributed by atoms with van der Waals surface area (Å²) in [7, 11) is 0. The number of Topliss-reactive ketones (excluding diaryl/α,β-unsaturated/α-hetero) is 1. The van der Waals surface area contributed by atoms with E-state index in [0.29, 0.717) is 18.9 Å². The zero-order valence-corrected chi connectivity index (χ0v) is 18.9. The third kappa shape index (κ3) is 7.01. The van der Waals surface area contributed by atoms with Gasteiger partial charge in [0.25, 0.3) is 0 Å². The maximum atomic E-state index is 12.5. The second kappa shape index (κ2) is 11.2. The van der Waals surface area contributed by atoms with E-state index in [1.54, 1.807) is 0 Å². The molecule has 5 nitrogen and oxygen atoms in total. The van der Waals surface area contributed by atoms with Gasteiger partial charge in [0.1, 0.15) is 0 Å². The van der Waals surface area contributed by atoms with E-state index in [9.17, 15) is 9.59 Å². The fourth-order valence-electron chi connectivity index (χ4n) is 4.17. The molecule has 3 rings (SSSR count). The first-order chi connectivity index (χ1) is 14.9. The Kier molecular flexibility index (Phi) is 8.38. The molecule has 0 radical (unpaired) electrons. The SMILES string of the molecule is CC(=O)NOCc1cccc(C2CCN(CCCC(=O)c3ccc(C)c(C)c3)CC2)c1. The number of likely N-dealkylation sites (tertiary alicyclic amines) is 1. The topological polar surface area (TPSA) is 58.6 Å². The Morgan fingerprint density at radius 1 is 1.06 bits per heavy atom. The maximum absolute atomic E-state index is 12.5. The molecule has 2 aromatic carbocycles. The average Bonchev–Trinajstić information content (AvgIpc) is 2.76. The van der Waals surface area contributed by atoms with Crippen molar-refractivity contribution in [3.63, 3.8) is 0 Å². The van der Waals surface area contributed by atoms with Crippen LogP contribution in [0, 0.1) is 13.8 Å². The van der Waals surface area contributed by atoms with Gasteiger partial charge >= 0.3 is 0 Å². The second-order valence-electron chi connectivity index (χ2n) is 8.63. The summed E-state index contributed by atoms with van der Waals surface area (Å²) in [5.74, 6) is 0.602. The van der Waals surface area contributed by atoms with E-state index in [-0.39, 0.29) is 11.7 Å². The van der Waals surface area contributed by atoms with Crippen molar-refractivity contribution in [3.05, 3.63) is 70.3 Å². The van der Waals surface area contributed by atoms with Crippen LogP contribution in [0.5, 0.6) is 0 Å². The molecular formula is C26H34N2O3. The molecule has 0 atom stereocenters. The van der Waals surface area contributed by atoms with Crippen molar-refractivity contribution < 1.29 is 14.4 Å². The van der Waals surface area contributed by atoms with Crippen LogP contribution in [0.2, 0.25) is 0 Å². The van der Waals surface area contributed by atoms with Crippen LogP contribution in [0.3, 0.4) is 0 Å². The Bertz CT molecular complexity index is 901. The molecule has 0 unspecified atom stereocenters. The molecule has 0 aliphatic carbocycles. The summed E-state index contributed by atoms with van der Waals surface area (Å²) < 4.78 is 0. The van der Waals surface area contributed by atoms with Gasteiger partial charge in [0.15, 0.2) is 5.78 Å². The van der Waals surface area contributed by atoms with Crippen molar-refractivity contribution in [1.29, 1.82) is 0 Å². The summed E-state index contributed by atoms with van der Waals surface area (Å²) in [6, 6.07) is 14.5. The summed E-state index contributed by atoms with van der Waals surface area (Å²) >= 11 is 0. The molecule has 0 aromatic heterocycles. The molecule has 1 saturated heterocycles. The van der Waals surface area contributed by atoms with Gasteiger partial charge in [0, 0.05) is 18.9 Å². The number of benzene rings is 2. The van der Waals surface area contributed by atoms with Crippen LogP contribution in [0.25, 0.3) is 0 Å². The lowest BCUT2D eigenvalue weighted by atomic mass is 9.88. The van der Waals surface area contributed by atoms with Gasteiger partial charge in [-0.1, -0.05) is 36.4 Å². The van der Waals surface area contributed by atoms with Crippen molar-refractivity contribution in [1.82, 2.24) is 10.4 Å². The molecule has 1 aliphatic rings. The quantitative estimate of drug-likeness (QED) is 0.469. The number of carbonyl (C=O) groups excluding carboxylic acids is 2. The molecule has 1 amide bonds. The van der Waals surface area contributed by atoms with Crippen LogP contribution in [0.1, 0.15) is 71.1 Å². The monoisotopic (exact) mass is 422 g/mol. The van der Waals surface area contributed by atoms with Gasteiger partial charge in [-0.25, -0.2) is 5.48 Å². The highest BCUT2D eigenvalue weighted by Gasteiger charge is 2.21. The smallest absolute Gasteiger partial charge is 0.240 e. The van der Waals surface area contributed by atoms with Crippen LogP contribution in [0.4, 0.5) is 0 Å². The van der Waals surface area contributed by atoms with Crippen LogP contribution >= 0.6 is 0 Å². The zero-order valence-electron chi connectivity index (χ0n) is 18.9. The molecule has 31 heavy (non-hydrogen) atoms. The fraction of sp³-hybridized carbons (Fsp3) is 0.462. The summed E-state index contributed by atoms with van der Waals surface area (Å²) in [6.45, 7) is 9.05. The lowest BCUT2D eigenvalue weighted by Crippen LogP contribution is -2.33. The molecule has 5 heteroatoms. The average molecular weight is 423 g/mol. The predicted molar refractivity (Wildman–Crippen MR) is 123 cm³/mol. The van der Waals surface area contributed by atoms with Crippen molar-refractivity contribution in [2.24, 2.45) is 0 Å². The van der Waals surface area contributed by atoms with Crippen LogP contribution in [0.15, 0.2) is 42.5 Å². The number of nitrogens with one attached hydrogen (secondary N) is 1. The summed E-state index contributed by atoms with van der Waals surface area (Å²) in [5.41, 5.74) is 8.03. The van der Waals surface area contributed by atoms with Gasteiger partial charge in [0.05, 0.1) is 6.61 Å². The van der Waals surface area contributed by atoms with E-state index in [2.05, 4.69) is 42.4 Å². The third-order valence-electron chi connectivity index (χ3n) is 6.17. The number of ketones is 1. The number of hydrogen-bond acceptors (Lipinski definition) is 4. The standard InChI is InChI=1S/C26H34N2O3/c1-19-9-10-25(16-20(19)2)26(30)8-5-13-28-14-11-23(12-15-28)24-7-4-6-22(17-24)18-31-27-21(3)29/h4,6-7,9-10,16-17,23H,5,8,11-15,18H2,1-3H3,(H,27,29). The van der Waals surface area contributed by atoms with Crippen molar-refractivity contribution in [2.75, 3.05) is 19.6 Å². The lowest BCUT2D eigenvalue weighted by molar-refractivity contribution is -0.132. The van der Waals surface area contributed by atoms with Crippen molar-refractivity contribution in [2.45, 2.75) is 59.0 Å². The number of carbonyl (C=O) groups is 2. The molecule has 1 heterocycles. The minimum Gasteiger partial charge on any atom is -0.303 e. The summed E-state index contributed by atoms with van der Waals surface area (Å²) in [4.78, 5) is 31.1. The van der Waals surface area contributed by atoms with E-state index in [1.807, 2.05) is 24.3 Å². The van der Waals surface area contributed by atoms with Gasteiger partial charge in [-0.3, -0.25) is 14.4 Å². The van der Waals surface area contributed by atoms with Crippen LogP contribution in [-0.2, 0) is 16.2 Å². The number of aryl methyl sites for hydroxylation is 2. The molecule has 166 valence electrons. The second-order valence-corrected chi connectivity index (χ2v) is 8.63. The van der Waals surface area contributed by atoms with Crippen LogP contribution < -0.4 is 5.48 Å². The first-order valence-electron chi connectivity index (χ1n) is 11.2. The lowest BCUT2D eigenvalue weighted by Gasteiger charge is -2.32. The number of piperidine rings is 1. The summed E-state index contributed by atoms with van der Waals surface area (Å²) in [6.07, 6.45) is 3.77. The molecule has 0 spiro atoms. The fourth-order valence-corrected chi connectivity index (χ4v) is 4.17. The third-order valence-corrected chi connectivity index (χ3v) is 6.17. The normalized spacial score (nSPS) is 15.1. The number of amides is 1. The molecule has 2 aromatic rings. The van der Waals surface area contributed by atoms with Crippen LogP contribution in [-0.4, -0.2) is 36.2 Å². The number of hydroxylamine groups is 1. The Hall–Kier alpha value is -2.50. The number of hydrogen-bond donors (Lipinski definition) is 1.